The molecule has 0 aliphatic rings. The molecule has 0 unspecified atom stereocenters. The van der Waals surface area contributed by atoms with Crippen LogP contribution in [0.4, 0.5) is 24.5 Å². The van der Waals surface area contributed by atoms with Gasteiger partial charge < -0.3 is 0 Å². The van der Waals surface area contributed by atoms with Crippen LogP contribution in [0.3, 0.4) is 0 Å². The van der Waals surface area contributed by atoms with Gasteiger partial charge in [-0.2, -0.15) is 18.3 Å². The number of rotatable bonds is 3. The molecule has 0 saturated heterocycles. The third-order valence-electron chi connectivity index (χ3n) is 3.49. The Morgan fingerprint density at radius 3 is 2.40 bits per heavy atom. The number of aromatic amines is 1. The predicted octanol–water partition coefficient (Wildman–Crippen LogP) is 4.91. The van der Waals surface area contributed by atoms with Gasteiger partial charge in [-0.1, -0.05) is 24.3 Å². The Balaban J connectivity index is 2.01. The van der Waals surface area contributed by atoms with Gasteiger partial charge in [-0.15, -0.1) is 5.11 Å². The average molecular weight is 346 g/mol. The van der Waals surface area contributed by atoms with Crippen molar-refractivity contribution in [1.82, 2.24) is 9.78 Å². The highest BCUT2D eigenvalue weighted by molar-refractivity contribution is 5.45. The quantitative estimate of drug-likeness (QED) is 0.673. The molecule has 0 saturated carbocycles. The molecule has 1 aromatic heterocycles. The van der Waals surface area contributed by atoms with Crippen LogP contribution >= 0.6 is 0 Å². The molecule has 5 nitrogen and oxygen atoms in total. The minimum Gasteiger partial charge on any atom is -0.293 e. The molecule has 0 fully saturated rings. The first-order valence-corrected chi connectivity index (χ1v) is 7.32. The Hall–Kier alpha value is -3.16. The van der Waals surface area contributed by atoms with Gasteiger partial charge in [0.2, 0.25) is 0 Å². The summed E-state index contributed by atoms with van der Waals surface area (Å²) in [5.41, 5.74) is -0.325. The van der Waals surface area contributed by atoms with Crippen LogP contribution < -0.4 is 5.56 Å². The molecule has 0 amide bonds. The summed E-state index contributed by atoms with van der Waals surface area (Å²) in [4.78, 5) is 12.5. The molecule has 1 N–H and O–H groups in total. The molecule has 8 heteroatoms. The van der Waals surface area contributed by atoms with Gasteiger partial charge in [0, 0.05) is 0 Å². The highest BCUT2D eigenvalue weighted by atomic mass is 19.4. The molecule has 0 atom stereocenters. The Morgan fingerprint density at radius 2 is 1.72 bits per heavy atom. The van der Waals surface area contributed by atoms with E-state index in [0.717, 1.165) is 16.8 Å². The summed E-state index contributed by atoms with van der Waals surface area (Å²) in [6.07, 6.45) is -4.49. The van der Waals surface area contributed by atoms with Gasteiger partial charge in [-0.25, -0.2) is 4.68 Å². The number of alkyl halides is 3. The van der Waals surface area contributed by atoms with Crippen molar-refractivity contribution in [2.45, 2.75) is 13.1 Å². The fourth-order valence-electron chi connectivity index (χ4n) is 2.26. The summed E-state index contributed by atoms with van der Waals surface area (Å²) in [6.45, 7) is 1.60. The van der Waals surface area contributed by atoms with E-state index in [1.54, 1.807) is 31.2 Å². The average Bonchev–Trinajstić information content (AvgIpc) is 2.88. The standard InChI is InChI=1S/C17H13F3N4O/c1-11-15(22-21-13-7-3-2-4-8-13)16(25)24(23-11)14-9-5-6-12(10-14)17(18,19)20/h2-10,23H,1H3. The molecule has 0 bridgehead atoms. The summed E-state index contributed by atoms with van der Waals surface area (Å²) in [5.74, 6) is 0. The van der Waals surface area contributed by atoms with Gasteiger partial charge in [-0.05, 0) is 37.3 Å². The number of halogens is 3. The maximum absolute atomic E-state index is 12.8. The second-order valence-corrected chi connectivity index (χ2v) is 5.31. The monoisotopic (exact) mass is 346 g/mol. The van der Waals surface area contributed by atoms with E-state index in [0.29, 0.717) is 11.4 Å². The van der Waals surface area contributed by atoms with Crippen LogP contribution in [-0.2, 0) is 6.18 Å². The van der Waals surface area contributed by atoms with Crippen LogP contribution in [-0.4, -0.2) is 9.78 Å². The summed E-state index contributed by atoms with van der Waals surface area (Å²) in [5, 5.41) is 10.6. The van der Waals surface area contributed by atoms with E-state index in [2.05, 4.69) is 15.3 Å². The molecule has 128 valence electrons. The minimum atomic E-state index is -4.49. The van der Waals surface area contributed by atoms with Gasteiger partial charge in [0.05, 0.1) is 22.6 Å². The van der Waals surface area contributed by atoms with Crippen molar-refractivity contribution in [3.63, 3.8) is 0 Å². The van der Waals surface area contributed by atoms with Gasteiger partial charge in [-0.3, -0.25) is 9.89 Å². The number of nitrogens with zero attached hydrogens (tertiary/aromatic N) is 3. The normalized spacial score (nSPS) is 12.0. The van der Waals surface area contributed by atoms with Crippen molar-refractivity contribution in [2.24, 2.45) is 10.2 Å². The number of aromatic nitrogens is 2. The number of aryl methyl sites for hydroxylation is 1. The van der Waals surface area contributed by atoms with E-state index in [1.165, 1.54) is 12.1 Å². The molecule has 0 spiro atoms. The largest absolute Gasteiger partial charge is 0.416 e. The van der Waals surface area contributed by atoms with E-state index in [9.17, 15) is 18.0 Å². The Morgan fingerprint density at radius 1 is 1.00 bits per heavy atom. The maximum Gasteiger partial charge on any atom is 0.416 e. The van der Waals surface area contributed by atoms with Crippen LogP contribution in [0.2, 0.25) is 0 Å². The number of azo groups is 1. The lowest BCUT2D eigenvalue weighted by molar-refractivity contribution is -0.137. The number of hydrogen-bond donors (Lipinski definition) is 1. The fourth-order valence-corrected chi connectivity index (χ4v) is 2.26. The number of H-pyrrole nitrogens is 1. The lowest BCUT2D eigenvalue weighted by atomic mass is 10.2. The molecular weight excluding hydrogens is 333 g/mol. The zero-order chi connectivity index (χ0) is 18.0. The van der Waals surface area contributed by atoms with Gasteiger partial charge >= 0.3 is 6.18 Å². The Kier molecular flexibility index (Phi) is 4.26. The molecule has 2 aromatic carbocycles. The fraction of sp³-hybridized carbons (Fsp3) is 0.118. The second kappa shape index (κ2) is 6.39. The third kappa shape index (κ3) is 3.52. The lowest BCUT2D eigenvalue weighted by Crippen LogP contribution is -2.15. The zero-order valence-corrected chi connectivity index (χ0v) is 13.1. The molecule has 3 rings (SSSR count). The topological polar surface area (TPSA) is 62.5 Å². The van der Waals surface area contributed by atoms with Crippen LogP contribution in [0.25, 0.3) is 5.69 Å². The second-order valence-electron chi connectivity index (χ2n) is 5.31. The minimum absolute atomic E-state index is 0.0428. The highest BCUT2D eigenvalue weighted by Gasteiger charge is 2.30. The summed E-state index contributed by atoms with van der Waals surface area (Å²) in [7, 11) is 0. The van der Waals surface area contributed by atoms with Crippen LogP contribution in [0.1, 0.15) is 11.3 Å². The number of nitrogens with one attached hydrogen (secondary N) is 1. The molecule has 0 aliphatic carbocycles. The van der Waals surface area contributed by atoms with Gasteiger partial charge in [0.15, 0.2) is 5.69 Å². The molecule has 25 heavy (non-hydrogen) atoms. The summed E-state index contributed by atoms with van der Waals surface area (Å²) < 4.78 is 39.6. The van der Waals surface area contributed by atoms with E-state index in [4.69, 9.17) is 0 Å². The maximum atomic E-state index is 12.8. The van der Waals surface area contributed by atoms with E-state index >= 15 is 0 Å². The highest BCUT2D eigenvalue weighted by Crippen LogP contribution is 2.30. The van der Waals surface area contributed by atoms with Crippen molar-refractivity contribution in [3.05, 3.63) is 76.2 Å². The van der Waals surface area contributed by atoms with Crippen LogP contribution in [0.5, 0.6) is 0 Å². The Labute approximate surface area is 140 Å². The molecule has 0 radical (unpaired) electrons. The predicted molar refractivity (Wildman–Crippen MR) is 86.7 cm³/mol. The van der Waals surface area contributed by atoms with E-state index in [1.807, 2.05) is 6.07 Å². The van der Waals surface area contributed by atoms with Crippen LogP contribution in [0.15, 0.2) is 69.6 Å². The summed E-state index contributed by atoms with van der Waals surface area (Å²) >= 11 is 0. The van der Waals surface area contributed by atoms with Crippen molar-refractivity contribution in [2.75, 3.05) is 0 Å². The molecule has 1 heterocycles. The van der Waals surface area contributed by atoms with Crippen molar-refractivity contribution >= 4 is 11.4 Å². The smallest absolute Gasteiger partial charge is 0.293 e. The van der Waals surface area contributed by atoms with Gasteiger partial charge in [0.25, 0.3) is 5.56 Å². The third-order valence-corrected chi connectivity index (χ3v) is 3.49. The van der Waals surface area contributed by atoms with Crippen molar-refractivity contribution in [3.8, 4) is 5.69 Å². The Bertz CT molecular complexity index is 972. The number of benzene rings is 2. The SMILES string of the molecule is Cc1[nH]n(-c2cccc(C(F)(F)F)c2)c(=O)c1N=Nc1ccccc1. The molecular formula is C17H13F3N4O. The first kappa shape index (κ1) is 16.7. The summed E-state index contributed by atoms with van der Waals surface area (Å²) in [6, 6.07) is 13.3. The van der Waals surface area contributed by atoms with Crippen molar-refractivity contribution in [1.29, 1.82) is 0 Å². The first-order chi connectivity index (χ1) is 11.9. The zero-order valence-electron chi connectivity index (χ0n) is 13.1. The van der Waals surface area contributed by atoms with Crippen LogP contribution in [0, 0.1) is 6.92 Å². The lowest BCUT2D eigenvalue weighted by Gasteiger charge is -2.08. The van der Waals surface area contributed by atoms with E-state index < -0.39 is 17.3 Å². The number of hydrogen-bond acceptors (Lipinski definition) is 3. The van der Waals surface area contributed by atoms with E-state index in [-0.39, 0.29) is 11.4 Å². The van der Waals surface area contributed by atoms with Gasteiger partial charge in [0.1, 0.15) is 0 Å². The molecule has 3 aromatic rings. The first-order valence-electron chi connectivity index (χ1n) is 7.32. The van der Waals surface area contributed by atoms with Crippen molar-refractivity contribution < 1.29 is 13.2 Å². The molecule has 0 aliphatic heterocycles.